The number of fused-ring (bicyclic) bond motifs is 1. The Labute approximate surface area is 231 Å². The second-order valence-corrected chi connectivity index (χ2v) is 13.8. The number of nitrogens with one attached hydrogen (secondary N) is 1. The van der Waals surface area contributed by atoms with Gasteiger partial charge in [0.05, 0.1) is 5.41 Å². The summed E-state index contributed by atoms with van der Waals surface area (Å²) in [5.74, 6) is 0.880. The molecule has 5 nitrogen and oxygen atoms in total. The van der Waals surface area contributed by atoms with Crippen LogP contribution in [0.5, 0.6) is 0 Å². The van der Waals surface area contributed by atoms with Gasteiger partial charge >= 0.3 is 0 Å². The maximum atomic E-state index is 13.8. The summed E-state index contributed by atoms with van der Waals surface area (Å²) in [4.78, 5) is 30.5. The van der Waals surface area contributed by atoms with Crippen molar-refractivity contribution in [3.63, 3.8) is 0 Å². The Hall–Kier alpha value is -1.89. The largest absolute Gasteiger partial charge is 0.339 e. The molecule has 0 radical (unpaired) electrons. The van der Waals surface area contributed by atoms with Crippen LogP contribution in [0, 0.1) is 28.5 Å². The van der Waals surface area contributed by atoms with Crippen molar-refractivity contribution in [2.24, 2.45) is 17.3 Å². The van der Waals surface area contributed by atoms with E-state index in [-0.39, 0.29) is 28.3 Å². The van der Waals surface area contributed by atoms with Gasteiger partial charge in [0.25, 0.3) is 0 Å². The van der Waals surface area contributed by atoms with Gasteiger partial charge in [0, 0.05) is 48.3 Å². The topological polar surface area (TPSA) is 64.5 Å². The van der Waals surface area contributed by atoms with Gasteiger partial charge < -0.3 is 15.2 Å². The molecule has 1 N–H and O–H groups in total. The molecule has 1 aromatic carbocycles. The zero-order valence-electron chi connectivity index (χ0n) is 22.9. The van der Waals surface area contributed by atoms with Crippen molar-refractivity contribution in [3.05, 3.63) is 35.6 Å². The molecule has 4 fully saturated rings. The smallest absolute Gasteiger partial charge is 0.234 e. The summed E-state index contributed by atoms with van der Waals surface area (Å²) in [6.07, 6.45) is 14.4. The van der Waals surface area contributed by atoms with Crippen molar-refractivity contribution >= 4 is 29.8 Å². The normalized spacial score (nSPS) is 30.4. The fraction of sp³-hybridized carbons (Fsp3) is 0.710. The Morgan fingerprint density at radius 2 is 1.68 bits per heavy atom. The summed E-state index contributed by atoms with van der Waals surface area (Å²) < 4.78 is 13.7. The molecule has 4 atom stereocenters. The van der Waals surface area contributed by atoms with Gasteiger partial charge in [0.1, 0.15) is 5.82 Å². The number of unbranched alkanes of at least 4 members (excludes halogenated alkanes) is 3. The molecular formula is C31H44FN3O2S. The van der Waals surface area contributed by atoms with E-state index < -0.39 is 5.41 Å². The van der Waals surface area contributed by atoms with E-state index in [1.807, 2.05) is 21.9 Å². The van der Waals surface area contributed by atoms with Gasteiger partial charge in [-0.25, -0.2) is 4.39 Å². The first kappa shape index (κ1) is 27.7. The molecule has 5 rings (SSSR count). The molecule has 2 amide bonds. The number of benzene rings is 1. The minimum absolute atomic E-state index is 0.0514. The van der Waals surface area contributed by atoms with Crippen molar-refractivity contribution < 1.29 is 14.0 Å². The van der Waals surface area contributed by atoms with Gasteiger partial charge in [-0.05, 0) is 75.0 Å². The molecule has 2 aliphatic heterocycles. The summed E-state index contributed by atoms with van der Waals surface area (Å²) in [6, 6.07) is 7.07. The zero-order chi connectivity index (χ0) is 26.8. The van der Waals surface area contributed by atoms with Crippen LogP contribution in [0.4, 0.5) is 4.39 Å². The molecular weight excluding hydrogens is 497 g/mol. The van der Waals surface area contributed by atoms with E-state index in [1.165, 1.54) is 43.9 Å². The SMILES string of the molecule is CCCCCCC12CC(C(=O)N3CCN(C(=O)C4(C=N)CC4)CC3)CCC1CCC(c1ccc(F)cc1)S2. The van der Waals surface area contributed by atoms with Crippen LogP contribution in [0.3, 0.4) is 0 Å². The van der Waals surface area contributed by atoms with Crippen LogP contribution < -0.4 is 0 Å². The lowest BCUT2D eigenvalue weighted by Crippen LogP contribution is -2.55. The fourth-order valence-electron chi connectivity index (χ4n) is 7.19. The predicted molar refractivity (Wildman–Crippen MR) is 152 cm³/mol. The van der Waals surface area contributed by atoms with Crippen LogP contribution in [0.1, 0.15) is 94.8 Å². The van der Waals surface area contributed by atoms with Crippen LogP contribution in [0.15, 0.2) is 24.3 Å². The standard InChI is InChI=1S/C31H44FN3O2S/c1-2-3-4-5-14-31-21-24(6-9-25(31)10-13-27(38-31)23-7-11-26(32)12-8-23)28(36)34-17-19-35(20-18-34)29(37)30(22-33)15-16-30/h7-8,11-12,22,24-25,27,33H,2-6,9-10,13-21H2,1H3. The summed E-state index contributed by atoms with van der Waals surface area (Å²) in [6.45, 7) is 4.62. The number of carbonyl (C=O) groups is 2. The summed E-state index contributed by atoms with van der Waals surface area (Å²) in [5, 5.41) is 8.01. The number of carbonyl (C=O) groups excluding carboxylic acids is 2. The monoisotopic (exact) mass is 541 g/mol. The first-order valence-electron chi connectivity index (χ1n) is 14.9. The van der Waals surface area contributed by atoms with Crippen LogP contribution in [0.2, 0.25) is 0 Å². The van der Waals surface area contributed by atoms with Crippen LogP contribution in [-0.4, -0.2) is 58.8 Å². The van der Waals surface area contributed by atoms with Gasteiger partial charge in [0.2, 0.25) is 11.8 Å². The summed E-state index contributed by atoms with van der Waals surface area (Å²) in [7, 11) is 0. The van der Waals surface area contributed by atoms with Crippen molar-refractivity contribution in [1.29, 1.82) is 5.41 Å². The minimum atomic E-state index is -0.548. The molecule has 4 aliphatic rings. The highest BCUT2D eigenvalue weighted by atomic mass is 32.2. The molecule has 2 saturated carbocycles. The molecule has 1 aromatic rings. The number of thioether (sulfide) groups is 1. The van der Waals surface area contributed by atoms with Gasteiger partial charge in [-0.3, -0.25) is 9.59 Å². The number of piperazine rings is 1. The average Bonchev–Trinajstić information content (AvgIpc) is 3.76. The number of rotatable bonds is 9. The van der Waals surface area contributed by atoms with Gasteiger partial charge in [0.15, 0.2) is 0 Å². The van der Waals surface area contributed by atoms with Crippen LogP contribution in [0.25, 0.3) is 0 Å². The van der Waals surface area contributed by atoms with Gasteiger partial charge in [-0.2, -0.15) is 0 Å². The molecule has 0 aromatic heterocycles. The van der Waals surface area contributed by atoms with Crippen molar-refractivity contribution in [2.75, 3.05) is 26.2 Å². The number of hydrogen-bond acceptors (Lipinski definition) is 4. The molecule has 0 spiro atoms. The Bertz CT molecular complexity index is 1000. The second kappa shape index (κ2) is 11.7. The molecule has 2 aliphatic carbocycles. The minimum Gasteiger partial charge on any atom is -0.339 e. The first-order chi connectivity index (χ1) is 18.4. The highest BCUT2D eigenvalue weighted by Crippen LogP contribution is 2.60. The maximum Gasteiger partial charge on any atom is 0.234 e. The van der Waals surface area contributed by atoms with Crippen LogP contribution >= 0.6 is 11.8 Å². The Morgan fingerprint density at radius 3 is 2.34 bits per heavy atom. The molecule has 2 heterocycles. The van der Waals surface area contributed by atoms with Crippen LogP contribution in [-0.2, 0) is 9.59 Å². The van der Waals surface area contributed by atoms with E-state index in [0.29, 0.717) is 37.3 Å². The van der Waals surface area contributed by atoms with Gasteiger partial charge in [-0.1, -0.05) is 44.7 Å². The Balaban J connectivity index is 1.26. The Morgan fingerprint density at radius 1 is 1.00 bits per heavy atom. The lowest BCUT2D eigenvalue weighted by molar-refractivity contribution is -0.144. The number of nitrogens with zero attached hydrogens (tertiary/aromatic N) is 2. The summed E-state index contributed by atoms with van der Waals surface area (Å²) in [5.41, 5.74) is 0.670. The van der Waals surface area contributed by atoms with E-state index in [1.54, 1.807) is 12.1 Å². The molecule has 2 saturated heterocycles. The second-order valence-electron chi connectivity index (χ2n) is 12.2. The highest BCUT2D eigenvalue weighted by Gasteiger charge is 2.52. The molecule has 38 heavy (non-hydrogen) atoms. The average molecular weight is 542 g/mol. The van der Waals surface area contributed by atoms with Crippen molar-refractivity contribution in [3.8, 4) is 0 Å². The third-order valence-electron chi connectivity index (χ3n) is 9.77. The molecule has 208 valence electrons. The molecule has 7 heteroatoms. The highest BCUT2D eigenvalue weighted by molar-refractivity contribution is 8.01. The Kier molecular flexibility index (Phi) is 8.51. The van der Waals surface area contributed by atoms with Gasteiger partial charge in [-0.15, -0.1) is 11.8 Å². The lowest BCUT2D eigenvalue weighted by atomic mass is 9.68. The lowest BCUT2D eigenvalue weighted by Gasteiger charge is -2.52. The van der Waals surface area contributed by atoms with E-state index in [9.17, 15) is 14.0 Å². The van der Waals surface area contributed by atoms with E-state index in [0.717, 1.165) is 44.9 Å². The maximum absolute atomic E-state index is 13.8. The summed E-state index contributed by atoms with van der Waals surface area (Å²) >= 11 is 2.10. The number of hydrogen-bond donors (Lipinski definition) is 1. The third kappa shape index (κ3) is 5.68. The first-order valence-corrected chi connectivity index (χ1v) is 15.8. The van der Waals surface area contributed by atoms with E-state index in [4.69, 9.17) is 5.41 Å². The molecule has 0 bridgehead atoms. The number of halogens is 1. The van der Waals surface area contributed by atoms with Crippen molar-refractivity contribution in [2.45, 2.75) is 94.0 Å². The van der Waals surface area contributed by atoms with E-state index >= 15 is 0 Å². The third-order valence-corrected chi connectivity index (χ3v) is 11.7. The zero-order valence-corrected chi connectivity index (χ0v) is 23.7. The van der Waals surface area contributed by atoms with E-state index in [2.05, 4.69) is 18.7 Å². The molecule has 4 unspecified atom stereocenters. The quantitative estimate of drug-likeness (QED) is 0.282. The number of amides is 2. The fourth-order valence-corrected chi connectivity index (χ4v) is 9.30. The van der Waals surface area contributed by atoms with Crippen molar-refractivity contribution in [1.82, 2.24) is 9.80 Å². The predicted octanol–water partition coefficient (Wildman–Crippen LogP) is 6.62.